The minimum Gasteiger partial charge on any atom is -0.382 e. The van der Waals surface area contributed by atoms with Gasteiger partial charge in [0.1, 0.15) is 11.5 Å². The number of hydrogen-bond acceptors (Lipinski definition) is 8. The summed E-state index contributed by atoms with van der Waals surface area (Å²) in [5, 5.41) is 19.2. The first-order valence-electron chi connectivity index (χ1n) is 10.7. The van der Waals surface area contributed by atoms with Crippen LogP contribution >= 0.6 is 0 Å². The quantitative estimate of drug-likeness (QED) is 0.320. The Hall–Kier alpha value is -4.71. The molecule has 1 aromatic heterocycles. The Morgan fingerprint density at radius 1 is 1.10 bits per heavy atom. The highest BCUT2D eigenvalue weighted by molar-refractivity contribution is 5.88. The first-order valence-corrected chi connectivity index (χ1v) is 10.7. The zero-order valence-corrected chi connectivity index (χ0v) is 19.7. The molecular weight excluding hydrogens is 536 g/mol. The number of hydrogen-bond donors (Lipinski definition) is 3. The standard InChI is InChI=1S/C24H17F6N5O4/c1-12-2-7-15(22(38,24(28,29)30)20(36)35-39-21(37)23(25,26)27)10-16(12)17-11-33-19(32)18(34-17)14-5-3-13(4-6-14)8-9-31/h2-7,10-11,38H,8H2,1H3,(H2,32,33)(H,35,36). The molecule has 2 aromatic carbocycles. The number of benzene rings is 2. The largest absolute Gasteiger partial charge is 0.493 e. The second kappa shape index (κ2) is 10.6. The van der Waals surface area contributed by atoms with Gasteiger partial charge >= 0.3 is 18.3 Å². The highest BCUT2D eigenvalue weighted by atomic mass is 19.4. The van der Waals surface area contributed by atoms with Crippen LogP contribution in [0.2, 0.25) is 0 Å². The van der Waals surface area contributed by atoms with Gasteiger partial charge in [0, 0.05) is 16.7 Å². The number of aliphatic hydroxyl groups is 1. The Morgan fingerprint density at radius 3 is 2.31 bits per heavy atom. The van der Waals surface area contributed by atoms with Crippen LogP contribution in [0.5, 0.6) is 0 Å². The van der Waals surface area contributed by atoms with E-state index in [1.54, 1.807) is 24.3 Å². The second-order valence-corrected chi connectivity index (χ2v) is 8.08. The number of aromatic nitrogens is 2. The molecule has 0 bridgehead atoms. The van der Waals surface area contributed by atoms with Gasteiger partial charge in [0.25, 0.3) is 11.5 Å². The number of hydroxylamine groups is 1. The molecule has 4 N–H and O–H groups in total. The van der Waals surface area contributed by atoms with Crippen molar-refractivity contribution < 1.29 is 45.9 Å². The molecule has 0 saturated heterocycles. The lowest BCUT2D eigenvalue weighted by Crippen LogP contribution is -2.55. The van der Waals surface area contributed by atoms with Crippen molar-refractivity contribution in [2.75, 3.05) is 5.73 Å². The van der Waals surface area contributed by atoms with Crippen molar-refractivity contribution in [1.29, 1.82) is 5.26 Å². The van der Waals surface area contributed by atoms with Crippen LogP contribution in [0.4, 0.5) is 32.2 Å². The Kier molecular flexibility index (Phi) is 7.82. The summed E-state index contributed by atoms with van der Waals surface area (Å²) >= 11 is 0. The molecular formula is C24H17F6N5O4. The van der Waals surface area contributed by atoms with Crippen molar-refractivity contribution in [2.45, 2.75) is 31.3 Å². The first-order chi connectivity index (χ1) is 18.1. The molecule has 1 unspecified atom stereocenters. The SMILES string of the molecule is Cc1ccc(C(O)(C(=O)NOC(=O)C(F)(F)F)C(F)(F)F)cc1-c1cnc(N)c(-c2ccc(CC#N)cc2)n1. The van der Waals surface area contributed by atoms with Gasteiger partial charge in [-0.1, -0.05) is 36.4 Å². The molecule has 0 spiro atoms. The summed E-state index contributed by atoms with van der Waals surface area (Å²) in [5.41, 5.74) is 2.68. The van der Waals surface area contributed by atoms with E-state index in [1.165, 1.54) is 6.92 Å². The van der Waals surface area contributed by atoms with Gasteiger partial charge in [0.05, 0.1) is 24.4 Å². The Bertz CT molecular complexity index is 1450. The van der Waals surface area contributed by atoms with Gasteiger partial charge in [-0.2, -0.15) is 37.1 Å². The van der Waals surface area contributed by atoms with Gasteiger partial charge in [0.2, 0.25) is 0 Å². The number of alkyl halides is 6. The highest BCUT2D eigenvalue weighted by Gasteiger charge is 2.61. The number of halogens is 6. The molecule has 39 heavy (non-hydrogen) atoms. The molecule has 204 valence electrons. The van der Waals surface area contributed by atoms with Gasteiger partial charge in [0.15, 0.2) is 0 Å². The van der Waals surface area contributed by atoms with E-state index in [1.807, 2.05) is 6.07 Å². The van der Waals surface area contributed by atoms with Crippen molar-refractivity contribution >= 4 is 17.7 Å². The molecule has 0 aliphatic rings. The number of rotatable bonds is 5. The van der Waals surface area contributed by atoms with Crippen LogP contribution in [0.15, 0.2) is 48.7 Å². The zero-order chi connectivity index (χ0) is 29.2. The predicted octanol–water partition coefficient (Wildman–Crippen LogP) is 3.65. The van der Waals surface area contributed by atoms with Crippen molar-refractivity contribution in [2.24, 2.45) is 0 Å². The molecule has 3 rings (SSSR count). The van der Waals surface area contributed by atoms with Crippen LogP contribution in [0, 0.1) is 18.3 Å². The van der Waals surface area contributed by atoms with Gasteiger partial charge in [-0.05, 0) is 24.1 Å². The third-order valence-electron chi connectivity index (χ3n) is 5.45. The second-order valence-electron chi connectivity index (χ2n) is 8.08. The van der Waals surface area contributed by atoms with Crippen molar-refractivity contribution in [1.82, 2.24) is 15.4 Å². The van der Waals surface area contributed by atoms with Crippen LogP contribution in [0.1, 0.15) is 16.7 Å². The lowest BCUT2D eigenvalue weighted by atomic mass is 9.89. The highest BCUT2D eigenvalue weighted by Crippen LogP contribution is 2.41. The summed E-state index contributed by atoms with van der Waals surface area (Å²) < 4.78 is 78.8. The maximum Gasteiger partial charge on any atom is 0.493 e. The van der Waals surface area contributed by atoms with E-state index >= 15 is 0 Å². The monoisotopic (exact) mass is 553 g/mol. The van der Waals surface area contributed by atoms with E-state index in [0.717, 1.165) is 24.4 Å². The maximum atomic E-state index is 13.9. The molecule has 0 saturated carbocycles. The molecule has 0 fully saturated rings. The molecule has 1 heterocycles. The zero-order valence-electron chi connectivity index (χ0n) is 19.7. The molecule has 1 amide bonds. The predicted molar refractivity (Wildman–Crippen MR) is 122 cm³/mol. The van der Waals surface area contributed by atoms with Gasteiger partial charge in [-0.3, -0.25) is 4.79 Å². The Morgan fingerprint density at radius 2 is 1.74 bits per heavy atom. The number of anilines is 1. The summed E-state index contributed by atoms with van der Waals surface area (Å²) in [6.07, 6.45) is -10.1. The Labute approximate surface area is 215 Å². The van der Waals surface area contributed by atoms with Crippen LogP contribution in [-0.2, 0) is 26.4 Å². The van der Waals surface area contributed by atoms with Crippen molar-refractivity contribution in [3.05, 3.63) is 65.4 Å². The third-order valence-corrected chi connectivity index (χ3v) is 5.45. The molecule has 0 aliphatic heterocycles. The summed E-state index contributed by atoms with van der Waals surface area (Å²) in [5.74, 6) is -5.53. The minimum atomic E-state index is -5.77. The number of carbonyl (C=O) groups excluding carboxylic acids is 2. The fraction of sp³-hybridized carbons (Fsp3) is 0.208. The van der Waals surface area contributed by atoms with Crippen LogP contribution < -0.4 is 11.2 Å². The minimum absolute atomic E-state index is 0.0203. The number of aryl methyl sites for hydroxylation is 1. The van der Waals surface area contributed by atoms with E-state index in [4.69, 9.17) is 11.0 Å². The number of carbonyl (C=O) groups is 2. The smallest absolute Gasteiger partial charge is 0.382 e. The van der Waals surface area contributed by atoms with Gasteiger partial charge in [-0.15, -0.1) is 0 Å². The number of amides is 1. The number of nitriles is 1. The molecule has 0 aliphatic carbocycles. The van der Waals surface area contributed by atoms with Gasteiger partial charge in [-0.25, -0.2) is 14.8 Å². The Balaban J connectivity index is 2.06. The fourth-order valence-electron chi connectivity index (χ4n) is 3.38. The molecule has 0 radical (unpaired) electrons. The van der Waals surface area contributed by atoms with Crippen LogP contribution in [0.25, 0.3) is 22.5 Å². The van der Waals surface area contributed by atoms with Crippen molar-refractivity contribution in [3.8, 4) is 28.6 Å². The summed E-state index contributed by atoms with van der Waals surface area (Å²) in [6, 6.07) is 11.1. The number of nitrogens with two attached hydrogens (primary N) is 1. The number of nitrogens with zero attached hydrogens (tertiary/aromatic N) is 3. The van der Waals surface area contributed by atoms with Crippen molar-refractivity contribution in [3.63, 3.8) is 0 Å². The van der Waals surface area contributed by atoms with E-state index in [9.17, 15) is 41.0 Å². The lowest BCUT2D eigenvalue weighted by molar-refractivity contribution is -0.262. The molecule has 9 nitrogen and oxygen atoms in total. The van der Waals surface area contributed by atoms with E-state index in [-0.39, 0.29) is 29.2 Å². The number of nitrogen functional groups attached to an aromatic ring is 1. The lowest BCUT2D eigenvalue weighted by Gasteiger charge is -2.29. The summed E-state index contributed by atoms with van der Waals surface area (Å²) in [4.78, 5) is 34.8. The average molecular weight is 553 g/mol. The third kappa shape index (κ3) is 5.91. The van der Waals surface area contributed by atoms with E-state index in [2.05, 4.69) is 14.8 Å². The molecule has 3 aromatic rings. The molecule has 1 atom stereocenters. The normalized spacial score (nSPS) is 13.2. The summed E-state index contributed by atoms with van der Waals surface area (Å²) in [6.45, 7) is 1.48. The van der Waals surface area contributed by atoms with Crippen LogP contribution in [0.3, 0.4) is 0 Å². The number of nitrogens with one attached hydrogen (secondary N) is 1. The summed E-state index contributed by atoms with van der Waals surface area (Å²) in [7, 11) is 0. The van der Waals surface area contributed by atoms with Gasteiger partial charge < -0.3 is 15.7 Å². The average Bonchev–Trinajstić information content (AvgIpc) is 2.86. The topological polar surface area (TPSA) is 151 Å². The van der Waals surface area contributed by atoms with E-state index in [0.29, 0.717) is 22.2 Å². The maximum absolute atomic E-state index is 13.9. The van der Waals surface area contributed by atoms with E-state index < -0.39 is 35.4 Å². The first kappa shape index (κ1) is 28.9. The molecule has 15 heteroatoms. The van der Waals surface area contributed by atoms with Crippen LogP contribution in [-0.4, -0.2) is 39.3 Å². The fourth-order valence-corrected chi connectivity index (χ4v) is 3.38.